The van der Waals surface area contributed by atoms with E-state index in [1.165, 1.54) is 16.3 Å². The fourth-order valence-electron chi connectivity index (χ4n) is 1.34. The third-order valence-electron chi connectivity index (χ3n) is 2.16. The molecule has 1 unspecified atom stereocenters. The normalized spacial score (nSPS) is 15.1. The lowest BCUT2D eigenvalue weighted by atomic mass is 10.3. The van der Waals surface area contributed by atoms with Gasteiger partial charge < -0.3 is 10.2 Å². The average Bonchev–Trinajstić information content (AvgIpc) is 2.36. The van der Waals surface area contributed by atoms with Crippen LogP contribution in [0.2, 0.25) is 0 Å². The number of benzene rings is 1. The standard InChI is InChI=1S/C12H19N2OPS3/c1-4-9-19-16(15,17)14-10(2)13-11-5-7-12(18-3)8-6-11/h5-8H,4,9H2,1-3H3,(H2,13,14,15,17). The highest BCUT2D eigenvalue weighted by Crippen LogP contribution is 2.56. The van der Waals surface area contributed by atoms with E-state index in [9.17, 15) is 4.89 Å². The van der Waals surface area contributed by atoms with Crippen LogP contribution in [-0.4, -0.2) is 22.7 Å². The maximum absolute atomic E-state index is 10.0. The van der Waals surface area contributed by atoms with Crippen LogP contribution in [0.1, 0.15) is 20.3 Å². The van der Waals surface area contributed by atoms with Crippen molar-refractivity contribution in [2.24, 2.45) is 4.76 Å². The van der Waals surface area contributed by atoms with E-state index in [-0.39, 0.29) is 0 Å². The van der Waals surface area contributed by atoms with E-state index >= 15 is 0 Å². The molecule has 1 aromatic carbocycles. The second-order valence-electron chi connectivity index (χ2n) is 3.86. The number of thioether (sulfide) groups is 1. The van der Waals surface area contributed by atoms with Gasteiger partial charge in [0.05, 0.1) is 0 Å². The fourth-order valence-corrected chi connectivity index (χ4v) is 5.49. The molecule has 0 aromatic heterocycles. The highest BCUT2D eigenvalue weighted by Gasteiger charge is 2.11. The maximum Gasteiger partial charge on any atom is 0.230 e. The molecular formula is C12H19N2OPS3. The maximum atomic E-state index is 10.0. The first-order valence-electron chi connectivity index (χ1n) is 5.92. The topological polar surface area (TPSA) is 44.6 Å². The summed E-state index contributed by atoms with van der Waals surface area (Å²) in [6, 6.07) is 8.07. The number of hydrogen-bond acceptors (Lipinski definition) is 3. The van der Waals surface area contributed by atoms with Gasteiger partial charge in [0, 0.05) is 16.3 Å². The van der Waals surface area contributed by atoms with Crippen molar-refractivity contribution in [2.45, 2.75) is 25.2 Å². The Morgan fingerprint density at radius 2 is 2.05 bits per heavy atom. The van der Waals surface area contributed by atoms with Crippen molar-refractivity contribution in [3.8, 4) is 0 Å². The number of anilines is 1. The molecule has 1 aromatic rings. The Labute approximate surface area is 128 Å². The van der Waals surface area contributed by atoms with Gasteiger partial charge in [0.25, 0.3) is 0 Å². The first-order chi connectivity index (χ1) is 8.96. The summed E-state index contributed by atoms with van der Waals surface area (Å²) >= 11 is 8.22. The first-order valence-corrected chi connectivity index (χ1v) is 11.4. The molecule has 0 amide bonds. The van der Waals surface area contributed by atoms with Gasteiger partial charge in [0.1, 0.15) is 5.84 Å². The Hall–Kier alpha value is -0.0000000000000000555. The molecule has 0 radical (unpaired) electrons. The molecule has 0 heterocycles. The third kappa shape index (κ3) is 6.82. The van der Waals surface area contributed by atoms with Crippen molar-refractivity contribution in [3.63, 3.8) is 0 Å². The van der Waals surface area contributed by atoms with Crippen molar-refractivity contribution < 1.29 is 4.89 Å². The number of rotatable bonds is 6. The van der Waals surface area contributed by atoms with Crippen LogP contribution in [0.15, 0.2) is 33.9 Å². The Bertz CT molecular complexity index is 476. The molecule has 1 atom stereocenters. The molecule has 106 valence electrons. The van der Waals surface area contributed by atoms with Gasteiger partial charge in [-0.1, -0.05) is 18.3 Å². The number of hydrogen-bond donors (Lipinski definition) is 2. The molecule has 0 aliphatic heterocycles. The first kappa shape index (κ1) is 17.1. The highest BCUT2D eigenvalue weighted by molar-refractivity contribution is 8.68. The Kier molecular flexibility index (Phi) is 7.47. The van der Waals surface area contributed by atoms with E-state index in [0.29, 0.717) is 5.84 Å². The van der Waals surface area contributed by atoms with E-state index in [0.717, 1.165) is 17.9 Å². The zero-order valence-electron chi connectivity index (χ0n) is 11.3. The van der Waals surface area contributed by atoms with Crippen LogP contribution >= 0.6 is 28.8 Å². The van der Waals surface area contributed by atoms with Gasteiger partial charge in [0.2, 0.25) is 5.62 Å². The third-order valence-corrected chi connectivity index (χ3v) is 7.37. The molecule has 19 heavy (non-hydrogen) atoms. The van der Waals surface area contributed by atoms with Gasteiger partial charge in [-0.15, -0.1) is 11.8 Å². The second kappa shape index (κ2) is 8.32. The zero-order chi connectivity index (χ0) is 14.3. The lowest BCUT2D eigenvalue weighted by Gasteiger charge is -2.12. The molecule has 0 saturated heterocycles. The zero-order valence-corrected chi connectivity index (χ0v) is 14.6. The van der Waals surface area contributed by atoms with E-state index in [2.05, 4.69) is 17.0 Å². The van der Waals surface area contributed by atoms with Crippen LogP contribution < -0.4 is 5.32 Å². The fraction of sp³-hybridized carbons (Fsp3) is 0.417. The Balaban J connectivity index is 2.66. The van der Waals surface area contributed by atoms with Crippen LogP contribution in [-0.2, 0) is 11.8 Å². The summed E-state index contributed by atoms with van der Waals surface area (Å²) < 4.78 is 4.23. The van der Waals surface area contributed by atoms with Crippen LogP contribution in [0.25, 0.3) is 0 Å². The number of nitrogens with zero attached hydrogens (tertiary/aromatic N) is 1. The second-order valence-corrected chi connectivity index (χ2v) is 11.1. The minimum atomic E-state index is -2.65. The molecule has 0 aliphatic rings. The van der Waals surface area contributed by atoms with Crippen molar-refractivity contribution >= 4 is 52.1 Å². The minimum Gasteiger partial charge on any atom is -0.344 e. The van der Waals surface area contributed by atoms with Crippen LogP contribution in [0.5, 0.6) is 0 Å². The van der Waals surface area contributed by atoms with Gasteiger partial charge in [-0.2, -0.15) is 0 Å². The minimum absolute atomic E-state index is 0.659. The SMILES string of the molecule is CCCSP(O)(=S)N=C(C)Nc1ccc(SC)cc1. The lowest BCUT2D eigenvalue weighted by Crippen LogP contribution is -2.06. The summed E-state index contributed by atoms with van der Waals surface area (Å²) in [5.74, 6) is 1.50. The molecular weight excluding hydrogens is 315 g/mol. The summed E-state index contributed by atoms with van der Waals surface area (Å²) in [6.45, 7) is 3.89. The van der Waals surface area contributed by atoms with Crippen molar-refractivity contribution in [1.29, 1.82) is 0 Å². The van der Waals surface area contributed by atoms with Gasteiger partial charge in [-0.05, 0) is 55.7 Å². The predicted octanol–water partition coefficient (Wildman–Crippen LogP) is 4.60. The van der Waals surface area contributed by atoms with E-state index < -0.39 is 5.62 Å². The van der Waals surface area contributed by atoms with Crippen molar-refractivity contribution in [3.05, 3.63) is 24.3 Å². The summed E-state index contributed by atoms with van der Waals surface area (Å²) in [6.07, 6.45) is 3.03. The van der Waals surface area contributed by atoms with Gasteiger partial charge >= 0.3 is 0 Å². The van der Waals surface area contributed by atoms with Crippen molar-refractivity contribution in [2.75, 3.05) is 17.3 Å². The smallest absolute Gasteiger partial charge is 0.230 e. The molecule has 0 saturated carbocycles. The van der Waals surface area contributed by atoms with Gasteiger partial charge in [0.15, 0.2) is 0 Å². The van der Waals surface area contributed by atoms with Crippen molar-refractivity contribution in [1.82, 2.24) is 0 Å². The summed E-state index contributed by atoms with van der Waals surface area (Å²) in [5, 5.41) is 3.15. The Morgan fingerprint density at radius 1 is 1.42 bits per heavy atom. The highest BCUT2D eigenvalue weighted by atomic mass is 32.9. The number of amidine groups is 1. The molecule has 0 fully saturated rings. The Morgan fingerprint density at radius 3 is 2.58 bits per heavy atom. The van der Waals surface area contributed by atoms with Gasteiger partial charge in [-0.25, -0.2) is 4.76 Å². The number of nitrogens with one attached hydrogen (secondary N) is 1. The van der Waals surface area contributed by atoms with E-state index in [4.69, 9.17) is 11.8 Å². The molecule has 3 nitrogen and oxygen atoms in total. The summed E-state index contributed by atoms with van der Waals surface area (Å²) in [7, 11) is 0. The largest absolute Gasteiger partial charge is 0.344 e. The quantitative estimate of drug-likeness (QED) is 0.344. The molecule has 0 spiro atoms. The van der Waals surface area contributed by atoms with Crippen LogP contribution in [0.3, 0.4) is 0 Å². The molecule has 0 bridgehead atoms. The van der Waals surface area contributed by atoms with E-state index in [1.807, 2.05) is 37.4 Å². The summed E-state index contributed by atoms with van der Waals surface area (Å²) in [5.41, 5.74) is -1.69. The van der Waals surface area contributed by atoms with Gasteiger partial charge in [-0.3, -0.25) is 0 Å². The lowest BCUT2D eigenvalue weighted by molar-refractivity contribution is 0.640. The molecule has 0 aliphatic carbocycles. The summed E-state index contributed by atoms with van der Waals surface area (Å²) in [4.78, 5) is 11.2. The van der Waals surface area contributed by atoms with E-state index in [1.54, 1.807) is 11.8 Å². The molecule has 7 heteroatoms. The predicted molar refractivity (Wildman–Crippen MR) is 94.2 cm³/mol. The van der Waals surface area contributed by atoms with Crippen LogP contribution in [0, 0.1) is 0 Å². The molecule has 1 rings (SSSR count). The molecule has 2 N–H and O–H groups in total. The average molecular weight is 334 g/mol. The monoisotopic (exact) mass is 334 g/mol. The van der Waals surface area contributed by atoms with Crippen LogP contribution in [0.4, 0.5) is 5.69 Å².